The molecule has 22 heavy (non-hydrogen) atoms. The van der Waals surface area contributed by atoms with Crippen LogP contribution in [0.3, 0.4) is 0 Å². The summed E-state index contributed by atoms with van der Waals surface area (Å²) in [6.45, 7) is 1.89. The van der Waals surface area contributed by atoms with E-state index in [0.29, 0.717) is 0 Å². The normalized spacial score (nSPS) is 16.8. The maximum absolute atomic E-state index is 10.7. The fraction of sp³-hybridized carbons (Fsp3) is 0.0833. The van der Waals surface area contributed by atoms with Crippen LogP contribution in [0.2, 0.25) is 10.0 Å². The van der Waals surface area contributed by atoms with Crippen LogP contribution in [0.25, 0.3) is 0 Å². The summed E-state index contributed by atoms with van der Waals surface area (Å²) in [5.41, 5.74) is 0.945. The smallest absolute Gasteiger partial charge is 0.0312 e. The number of halogens is 8. The number of hydrogen-bond acceptors (Lipinski definition) is 0. The summed E-state index contributed by atoms with van der Waals surface area (Å²) in [5.74, 6) is 0. The van der Waals surface area contributed by atoms with E-state index in [2.05, 4.69) is 0 Å². The second kappa shape index (κ2) is 8.43. The molecule has 0 saturated heterocycles. The maximum Gasteiger partial charge on any atom is 2.00 e. The average molecular weight is 427 g/mol. The van der Waals surface area contributed by atoms with Gasteiger partial charge >= 0.3 is 50.1 Å². The van der Waals surface area contributed by atoms with E-state index in [-0.39, 0.29) is 17.1 Å². The van der Waals surface area contributed by atoms with E-state index in [1.807, 2.05) is 57.2 Å². The minimum Gasteiger partial charge on any atom is -0.0312 e. The Labute approximate surface area is 146 Å². The molecule has 10 heteroatoms. The van der Waals surface area contributed by atoms with Crippen molar-refractivity contribution in [3.63, 3.8) is 0 Å². The zero-order valence-electron chi connectivity index (χ0n) is 10.9. The van der Waals surface area contributed by atoms with Crippen molar-refractivity contribution >= 4 is 31.0 Å². The molecule has 1 aliphatic rings. The van der Waals surface area contributed by atoms with Crippen LogP contribution in [0, 0.1) is 39.0 Å². The van der Waals surface area contributed by atoms with E-state index in [1.165, 1.54) is 0 Å². The van der Waals surface area contributed by atoms with Crippen molar-refractivity contribution in [2.24, 2.45) is 0 Å². The zero-order valence-corrected chi connectivity index (χ0v) is 14.5. The van der Waals surface area contributed by atoms with Gasteiger partial charge in [0.2, 0.25) is 0 Å². The molecule has 0 N–H and O–H groups in total. The molecule has 2 rings (SSSR count). The van der Waals surface area contributed by atoms with Gasteiger partial charge in [0.15, 0.2) is 0 Å². The number of benzene rings is 1. The molecule has 1 aromatic rings. The molecule has 0 bridgehead atoms. The molecule has 1 aliphatic carbocycles. The van der Waals surface area contributed by atoms with Crippen molar-refractivity contribution in [2.45, 2.75) is 6.92 Å². The zero-order chi connectivity index (χ0) is 16.8. The molecule has 0 aliphatic heterocycles. The molecule has 127 valence electrons. The van der Waals surface area contributed by atoms with E-state index in [0.717, 1.165) is 15.6 Å². The Bertz CT molecular complexity index is 420. The van der Waals surface area contributed by atoms with Gasteiger partial charge in [0, 0.05) is 10.0 Å². The van der Waals surface area contributed by atoms with Gasteiger partial charge in [-0.25, -0.2) is 0 Å². The van der Waals surface area contributed by atoms with Gasteiger partial charge in [-0.15, -0.1) is 0 Å². The molecule has 0 spiro atoms. The Morgan fingerprint density at radius 2 is 0.955 bits per heavy atom. The molecular formula is C12H11Cl2F6FeP+. The van der Waals surface area contributed by atoms with Crippen molar-refractivity contribution < 1.29 is 42.3 Å². The third-order valence-corrected chi connectivity index (χ3v) is 2.58. The molecule has 0 unspecified atom stereocenters. The van der Waals surface area contributed by atoms with Crippen LogP contribution in [0.1, 0.15) is 5.56 Å². The molecule has 5 radical (unpaired) electrons. The van der Waals surface area contributed by atoms with Crippen LogP contribution in [0.5, 0.6) is 0 Å². The van der Waals surface area contributed by atoms with E-state index in [4.69, 9.17) is 23.2 Å². The third-order valence-electron chi connectivity index (χ3n) is 1.76. The van der Waals surface area contributed by atoms with E-state index < -0.39 is 7.81 Å². The molecular weight excluding hydrogens is 416 g/mol. The van der Waals surface area contributed by atoms with Crippen LogP contribution in [-0.2, 0) is 17.1 Å². The summed E-state index contributed by atoms with van der Waals surface area (Å²) in [6.07, 6.45) is 10.0. The quantitative estimate of drug-likeness (QED) is 0.226. The summed E-state index contributed by atoms with van der Waals surface area (Å²) in [7, 11) is -10.7. The Balaban J connectivity index is 0. The van der Waals surface area contributed by atoms with E-state index >= 15 is 0 Å². The fourth-order valence-corrected chi connectivity index (χ4v) is 1.30. The first-order valence-electron chi connectivity index (χ1n) is 5.30. The molecule has 0 aromatic heterocycles. The maximum atomic E-state index is 9.87. The Hall–Kier alpha value is 0.329. The van der Waals surface area contributed by atoms with Crippen molar-refractivity contribution in [1.82, 2.24) is 0 Å². The summed E-state index contributed by atoms with van der Waals surface area (Å²) in [5, 5.41) is 1.45. The van der Waals surface area contributed by atoms with Gasteiger partial charge in [0.05, 0.1) is 0 Å². The standard InChI is InChI=1S/C7H6Cl2.C5H5.F6P.Fe/c1-5-6(8)3-2-4-7(5)9;1-2-4-5-3-1;1-7(2,3,4,5)6;/h2-4H,1H3;1-5H;;/q;;-1;+2. The molecule has 1 saturated carbocycles. The average Bonchev–Trinajstić information content (AvgIpc) is 2.79. The van der Waals surface area contributed by atoms with Crippen molar-refractivity contribution in [1.29, 1.82) is 0 Å². The van der Waals surface area contributed by atoms with Crippen LogP contribution in [0.15, 0.2) is 18.2 Å². The van der Waals surface area contributed by atoms with Crippen molar-refractivity contribution in [2.75, 3.05) is 0 Å². The summed E-state index contributed by atoms with van der Waals surface area (Å²) >= 11 is 11.5. The summed E-state index contributed by atoms with van der Waals surface area (Å²) < 4.78 is 59.2. The first-order valence-corrected chi connectivity index (χ1v) is 8.09. The summed E-state index contributed by atoms with van der Waals surface area (Å²) in [4.78, 5) is 0. The molecule has 0 nitrogen and oxygen atoms in total. The van der Waals surface area contributed by atoms with Gasteiger partial charge in [-0.2, -0.15) is 0 Å². The number of hydrogen-bond donors (Lipinski definition) is 0. The molecule has 0 heterocycles. The minimum atomic E-state index is -10.7. The van der Waals surface area contributed by atoms with Crippen LogP contribution >= 0.6 is 31.0 Å². The van der Waals surface area contributed by atoms with Crippen LogP contribution in [-0.4, -0.2) is 0 Å². The second-order valence-corrected chi connectivity index (χ2v) is 6.50. The topological polar surface area (TPSA) is 0 Å². The molecule has 1 aromatic carbocycles. The predicted molar refractivity (Wildman–Crippen MR) is 76.3 cm³/mol. The predicted octanol–water partition coefficient (Wildman–Crippen LogP) is 7.70. The summed E-state index contributed by atoms with van der Waals surface area (Å²) in [6, 6.07) is 5.48. The minimum absolute atomic E-state index is 0. The van der Waals surface area contributed by atoms with Crippen LogP contribution < -0.4 is 0 Å². The van der Waals surface area contributed by atoms with E-state index in [1.54, 1.807) is 0 Å². The van der Waals surface area contributed by atoms with Gasteiger partial charge in [0.1, 0.15) is 0 Å². The van der Waals surface area contributed by atoms with Crippen molar-refractivity contribution in [3.05, 3.63) is 65.9 Å². The first-order chi connectivity index (χ1) is 9.16. The monoisotopic (exact) mass is 426 g/mol. The Morgan fingerprint density at radius 1 is 0.727 bits per heavy atom. The Morgan fingerprint density at radius 3 is 1.14 bits per heavy atom. The molecule has 1 fully saturated rings. The van der Waals surface area contributed by atoms with Crippen LogP contribution in [0.4, 0.5) is 25.2 Å². The van der Waals surface area contributed by atoms with Gasteiger partial charge in [-0.3, -0.25) is 0 Å². The third kappa shape index (κ3) is 20.3. The van der Waals surface area contributed by atoms with Gasteiger partial charge in [0.25, 0.3) is 0 Å². The van der Waals surface area contributed by atoms with Gasteiger partial charge in [-0.05, 0) is 56.7 Å². The largest absolute Gasteiger partial charge is 2.00 e. The van der Waals surface area contributed by atoms with Crippen molar-refractivity contribution in [3.8, 4) is 0 Å². The first kappa shape index (κ1) is 24.6. The Kier molecular flexibility index (Phi) is 9.42. The second-order valence-electron chi connectivity index (χ2n) is 3.77. The van der Waals surface area contributed by atoms with Gasteiger partial charge in [-0.1, -0.05) is 29.3 Å². The van der Waals surface area contributed by atoms with E-state index in [9.17, 15) is 25.2 Å². The SMILES string of the molecule is Cc1c(Cl)cccc1Cl.F[P-](F)(F)(F)(F)F.[CH]1[CH][CH][CH][CH]1.[Fe+2]. The fourth-order valence-electron chi connectivity index (χ4n) is 0.902. The molecule has 0 amide bonds. The molecule has 0 atom stereocenters. The number of rotatable bonds is 0. The van der Waals surface area contributed by atoms with Gasteiger partial charge < -0.3 is 0 Å².